The van der Waals surface area contributed by atoms with Gasteiger partial charge >= 0.3 is 0 Å². The van der Waals surface area contributed by atoms with Gasteiger partial charge in [-0.05, 0) is 24.6 Å². The molecule has 0 atom stereocenters. The van der Waals surface area contributed by atoms with Crippen molar-refractivity contribution < 1.29 is 4.79 Å². The van der Waals surface area contributed by atoms with E-state index in [4.69, 9.17) is 10.5 Å². The number of allylic oxidation sites excluding steroid dienone is 1. The van der Waals surface area contributed by atoms with E-state index in [2.05, 4.69) is 10.6 Å². The van der Waals surface area contributed by atoms with Crippen LogP contribution in [0.15, 0.2) is 30.0 Å². The van der Waals surface area contributed by atoms with E-state index >= 15 is 0 Å². The Balaban J connectivity index is 2.93. The number of hydrogen-bond donors (Lipinski definition) is 2. The van der Waals surface area contributed by atoms with E-state index in [-0.39, 0.29) is 11.5 Å². The zero-order chi connectivity index (χ0) is 14.3. The van der Waals surface area contributed by atoms with Gasteiger partial charge in [0, 0.05) is 24.0 Å². The molecule has 96 valence electrons. The smallest absolute Gasteiger partial charge is 0.224 e. The zero-order valence-corrected chi connectivity index (χ0v) is 10.8. The summed E-state index contributed by atoms with van der Waals surface area (Å²) in [6, 6.07) is 8.93. The standard InChI is InChI=1S/C14H14N4O/c1-3-14(19)18-12-5-4-10(2)13(6-12)17-9-11(7-15)8-16/h4-6,9,17H,3H2,1-2H3,(H,18,19). The van der Waals surface area contributed by atoms with Gasteiger partial charge in [0.2, 0.25) is 5.91 Å². The third-order valence-corrected chi connectivity index (χ3v) is 2.46. The molecule has 0 fully saturated rings. The van der Waals surface area contributed by atoms with Crippen molar-refractivity contribution in [3.63, 3.8) is 0 Å². The third-order valence-electron chi connectivity index (χ3n) is 2.46. The van der Waals surface area contributed by atoms with Gasteiger partial charge in [-0.2, -0.15) is 10.5 Å². The summed E-state index contributed by atoms with van der Waals surface area (Å²) < 4.78 is 0. The first kappa shape index (κ1) is 14.3. The highest BCUT2D eigenvalue weighted by molar-refractivity contribution is 5.91. The zero-order valence-electron chi connectivity index (χ0n) is 10.8. The Hall–Kier alpha value is -2.79. The molecule has 1 rings (SSSR count). The van der Waals surface area contributed by atoms with Crippen LogP contribution in [0.5, 0.6) is 0 Å². The van der Waals surface area contributed by atoms with Crippen molar-refractivity contribution in [2.24, 2.45) is 0 Å². The Morgan fingerprint density at radius 2 is 2.05 bits per heavy atom. The van der Waals surface area contributed by atoms with Gasteiger partial charge in [0.05, 0.1) is 0 Å². The van der Waals surface area contributed by atoms with Crippen molar-refractivity contribution >= 4 is 17.3 Å². The number of nitriles is 2. The van der Waals surface area contributed by atoms with E-state index in [1.165, 1.54) is 6.20 Å². The summed E-state index contributed by atoms with van der Waals surface area (Å²) in [5.74, 6) is -0.0694. The first-order valence-corrected chi connectivity index (χ1v) is 5.78. The number of nitrogens with zero attached hydrogens (tertiary/aromatic N) is 2. The summed E-state index contributed by atoms with van der Waals surface area (Å²) in [4.78, 5) is 11.3. The third kappa shape index (κ3) is 4.18. The van der Waals surface area contributed by atoms with Gasteiger partial charge in [0.15, 0.2) is 0 Å². The fraction of sp³-hybridized carbons (Fsp3) is 0.214. The Kier molecular flexibility index (Phi) is 5.13. The van der Waals surface area contributed by atoms with Crippen LogP contribution < -0.4 is 10.6 Å². The quantitative estimate of drug-likeness (QED) is 0.808. The largest absolute Gasteiger partial charge is 0.360 e. The predicted molar refractivity (Wildman–Crippen MR) is 73.0 cm³/mol. The summed E-state index contributed by atoms with van der Waals surface area (Å²) in [7, 11) is 0. The summed E-state index contributed by atoms with van der Waals surface area (Å²) >= 11 is 0. The molecule has 0 saturated carbocycles. The van der Waals surface area contributed by atoms with Crippen LogP contribution in [-0.4, -0.2) is 5.91 Å². The number of aryl methyl sites for hydroxylation is 1. The molecule has 1 amide bonds. The van der Waals surface area contributed by atoms with E-state index in [1.807, 2.05) is 13.0 Å². The Morgan fingerprint density at radius 1 is 1.37 bits per heavy atom. The average molecular weight is 254 g/mol. The van der Waals surface area contributed by atoms with Crippen LogP contribution in [0.25, 0.3) is 0 Å². The van der Waals surface area contributed by atoms with Gasteiger partial charge in [-0.3, -0.25) is 4.79 Å². The fourth-order valence-electron chi connectivity index (χ4n) is 1.34. The summed E-state index contributed by atoms with van der Waals surface area (Å²) in [6.07, 6.45) is 1.75. The van der Waals surface area contributed by atoms with E-state index in [9.17, 15) is 4.79 Å². The molecule has 0 bridgehead atoms. The molecule has 0 radical (unpaired) electrons. The molecule has 5 heteroatoms. The first-order valence-electron chi connectivity index (χ1n) is 5.78. The van der Waals surface area contributed by atoms with Crippen LogP contribution in [-0.2, 0) is 4.79 Å². The Labute approximate surface area is 112 Å². The number of carbonyl (C=O) groups is 1. The lowest BCUT2D eigenvalue weighted by atomic mass is 10.1. The molecule has 0 aliphatic rings. The topological polar surface area (TPSA) is 88.7 Å². The van der Waals surface area contributed by atoms with Crippen molar-refractivity contribution in [1.29, 1.82) is 10.5 Å². The van der Waals surface area contributed by atoms with E-state index in [0.29, 0.717) is 12.1 Å². The normalized spacial score (nSPS) is 8.84. The van der Waals surface area contributed by atoms with Crippen LogP contribution in [0.2, 0.25) is 0 Å². The minimum Gasteiger partial charge on any atom is -0.360 e. The number of amides is 1. The molecule has 0 heterocycles. The molecule has 0 unspecified atom stereocenters. The summed E-state index contributed by atoms with van der Waals surface area (Å²) in [5.41, 5.74) is 2.34. The Bertz CT molecular complexity index is 574. The van der Waals surface area contributed by atoms with Crippen LogP contribution >= 0.6 is 0 Å². The second kappa shape index (κ2) is 6.83. The van der Waals surface area contributed by atoms with Crippen LogP contribution in [0.3, 0.4) is 0 Å². The number of nitrogens with one attached hydrogen (secondary N) is 2. The first-order chi connectivity index (χ1) is 9.10. The monoisotopic (exact) mass is 254 g/mol. The van der Waals surface area contributed by atoms with E-state index < -0.39 is 0 Å². The minimum absolute atomic E-state index is 0.0117. The SMILES string of the molecule is CCC(=O)Nc1ccc(C)c(NC=C(C#N)C#N)c1. The lowest BCUT2D eigenvalue weighted by Gasteiger charge is -2.09. The maximum atomic E-state index is 11.3. The van der Waals surface area contributed by atoms with Crippen LogP contribution in [0.1, 0.15) is 18.9 Å². The molecule has 0 aliphatic heterocycles. The van der Waals surface area contributed by atoms with Crippen molar-refractivity contribution in [3.8, 4) is 12.1 Å². The number of hydrogen-bond acceptors (Lipinski definition) is 4. The molecule has 19 heavy (non-hydrogen) atoms. The number of carbonyl (C=O) groups excluding carboxylic acids is 1. The van der Waals surface area contributed by atoms with Gasteiger partial charge in [0.1, 0.15) is 17.7 Å². The molecule has 1 aromatic rings. The highest BCUT2D eigenvalue weighted by Crippen LogP contribution is 2.20. The summed E-state index contributed by atoms with van der Waals surface area (Å²) in [5, 5.41) is 22.9. The molecule has 5 nitrogen and oxygen atoms in total. The van der Waals surface area contributed by atoms with Gasteiger partial charge in [-0.1, -0.05) is 13.0 Å². The van der Waals surface area contributed by atoms with Crippen LogP contribution in [0.4, 0.5) is 11.4 Å². The summed E-state index contributed by atoms with van der Waals surface area (Å²) in [6.45, 7) is 3.66. The molecule has 0 aliphatic carbocycles. The second-order valence-electron chi connectivity index (χ2n) is 3.86. The number of benzene rings is 1. The lowest BCUT2D eigenvalue weighted by Crippen LogP contribution is -2.09. The molecular weight excluding hydrogens is 240 g/mol. The molecule has 1 aromatic carbocycles. The maximum absolute atomic E-state index is 11.3. The van der Waals surface area contributed by atoms with Crippen molar-refractivity contribution in [2.75, 3.05) is 10.6 Å². The molecule has 0 saturated heterocycles. The second-order valence-corrected chi connectivity index (χ2v) is 3.86. The van der Waals surface area contributed by atoms with Crippen molar-refractivity contribution in [3.05, 3.63) is 35.5 Å². The van der Waals surface area contributed by atoms with E-state index in [1.54, 1.807) is 31.2 Å². The number of anilines is 2. The molecule has 2 N–H and O–H groups in total. The van der Waals surface area contributed by atoms with Crippen molar-refractivity contribution in [1.82, 2.24) is 0 Å². The fourth-order valence-corrected chi connectivity index (χ4v) is 1.34. The van der Waals surface area contributed by atoms with E-state index in [0.717, 1.165) is 11.3 Å². The molecule has 0 aromatic heterocycles. The van der Waals surface area contributed by atoms with Gasteiger partial charge in [-0.15, -0.1) is 0 Å². The van der Waals surface area contributed by atoms with Crippen LogP contribution in [0, 0.1) is 29.6 Å². The average Bonchev–Trinajstić information content (AvgIpc) is 2.43. The van der Waals surface area contributed by atoms with Crippen molar-refractivity contribution in [2.45, 2.75) is 20.3 Å². The molecular formula is C14H14N4O. The lowest BCUT2D eigenvalue weighted by molar-refractivity contribution is -0.115. The predicted octanol–water partition coefficient (Wildman–Crippen LogP) is 2.69. The van der Waals surface area contributed by atoms with Gasteiger partial charge in [-0.25, -0.2) is 0 Å². The molecule has 0 spiro atoms. The van der Waals surface area contributed by atoms with Gasteiger partial charge in [0.25, 0.3) is 0 Å². The number of rotatable bonds is 4. The highest BCUT2D eigenvalue weighted by Gasteiger charge is 2.02. The highest BCUT2D eigenvalue weighted by atomic mass is 16.1. The Morgan fingerprint density at radius 3 is 2.63 bits per heavy atom. The minimum atomic E-state index is -0.0694. The van der Waals surface area contributed by atoms with Gasteiger partial charge < -0.3 is 10.6 Å². The maximum Gasteiger partial charge on any atom is 0.224 e.